The van der Waals surface area contributed by atoms with E-state index < -0.39 is 17.5 Å². The number of aliphatic hydroxyl groups is 1. The van der Waals surface area contributed by atoms with Crippen LogP contribution in [0.1, 0.15) is 56.7 Å². The minimum Gasteiger partial charge on any atom is -0.474 e. The van der Waals surface area contributed by atoms with E-state index >= 15 is 0 Å². The number of carbonyl (C=O) groups excluding carboxylic acids is 1. The van der Waals surface area contributed by atoms with Crippen LogP contribution in [0, 0.1) is 18.3 Å². The first-order valence-electron chi connectivity index (χ1n) is 10.2. The Labute approximate surface area is 168 Å². The summed E-state index contributed by atoms with van der Waals surface area (Å²) in [5, 5.41) is 9.83. The van der Waals surface area contributed by atoms with Gasteiger partial charge in [0.1, 0.15) is 11.8 Å². The zero-order valence-corrected chi connectivity index (χ0v) is 16.8. The lowest BCUT2D eigenvalue weighted by atomic mass is 9.66. The average Bonchev–Trinajstić information content (AvgIpc) is 2.59. The molecule has 1 spiro atoms. The number of pyridine rings is 1. The van der Waals surface area contributed by atoms with Crippen LogP contribution in [0.25, 0.3) is 0 Å². The van der Waals surface area contributed by atoms with Crippen LogP contribution in [0.5, 0.6) is 5.88 Å². The molecule has 5 nitrogen and oxygen atoms in total. The van der Waals surface area contributed by atoms with E-state index in [1.165, 1.54) is 6.07 Å². The molecule has 0 radical (unpaired) electrons. The zero-order valence-electron chi connectivity index (χ0n) is 16.8. The number of nitrogens with zero attached hydrogens (tertiary/aromatic N) is 2. The zero-order chi connectivity index (χ0) is 21.0. The summed E-state index contributed by atoms with van der Waals surface area (Å²) < 4.78 is 44.5. The second kappa shape index (κ2) is 6.86. The number of carbonyl (C=O) groups is 1. The third-order valence-corrected chi connectivity index (χ3v) is 6.70. The molecule has 1 amide bonds. The predicted molar refractivity (Wildman–Crippen MR) is 99.2 cm³/mol. The van der Waals surface area contributed by atoms with Crippen molar-refractivity contribution >= 4 is 5.91 Å². The highest BCUT2D eigenvalue weighted by Gasteiger charge is 2.51. The Morgan fingerprint density at radius 1 is 1.24 bits per heavy atom. The molecule has 0 bridgehead atoms. The summed E-state index contributed by atoms with van der Waals surface area (Å²) in [6, 6.07) is 2.36. The van der Waals surface area contributed by atoms with E-state index in [4.69, 9.17) is 4.74 Å². The molecule has 3 aliphatic rings. The maximum Gasteiger partial charge on any atom is 0.433 e. The fourth-order valence-corrected chi connectivity index (χ4v) is 4.94. The Kier molecular flexibility index (Phi) is 4.83. The minimum atomic E-state index is -4.49. The summed E-state index contributed by atoms with van der Waals surface area (Å²) >= 11 is 0. The van der Waals surface area contributed by atoms with Gasteiger partial charge >= 0.3 is 6.18 Å². The lowest BCUT2D eigenvalue weighted by Crippen LogP contribution is -2.63. The topological polar surface area (TPSA) is 62.7 Å². The van der Waals surface area contributed by atoms with Crippen LogP contribution in [0.4, 0.5) is 13.2 Å². The van der Waals surface area contributed by atoms with Crippen molar-refractivity contribution in [1.82, 2.24) is 9.88 Å². The molecule has 1 N–H and O–H groups in total. The van der Waals surface area contributed by atoms with E-state index in [2.05, 4.69) is 4.98 Å². The van der Waals surface area contributed by atoms with Gasteiger partial charge in [-0.15, -0.1) is 0 Å². The van der Waals surface area contributed by atoms with Crippen LogP contribution >= 0.6 is 0 Å². The molecule has 4 rings (SSSR count). The molecule has 1 aromatic heterocycles. The van der Waals surface area contributed by atoms with Crippen molar-refractivity contribution in [3.8, 4) is 5.88 Å². The molecule has 2 aliphatic carbocycles. The lowest BCUT2D eigenvalue weighted by Gasteiger charge is -2.55. The number of hydrogen-bond acceptors (Lipinski definition) is 4. The van der Waals surface area contributed by atoms with Crippen molar-refractivity contribution in [3.63, 3.8) is 0 Å². The standard InChI is InChI=1S/C21H27F3N2O3/c1-13-3-4-16(21(22,23)24)25-17(13)29-15-5-7-20(8-6-15)11-26(12-20)18(27)14-9-19(2,28)10-14/h3-4,14-15,28H,5-12H2,1-2H3. The van der Waals surface area contributed by atoms with Gasteiger partial charge in [-0.05, 0) is 58.4 Å². The number of aromatic nitrogens is 1. The van der Waals surface area contributed by atoms with E-state index in [1.54, 1.807) is 13.8 Å². The molecule has 1 aromatic rings. The van der Waals surface area contributed by atoms with Gasteiger partial charge in [0.25, 0.3) is 0 Å². The van der Waals surface area contributed by atoms with E-state index in [0.29, 0.717) is 18.4 Å². The van der Waals surface area contributed by atoms with Crippen LogP contribution < -0.4 is 4.74 Å². The first kappa shape index (κ1) is 20.4. The van der Waals surface area contributed by atoms with Gasteiger partial charge in [-0.25, -0.2) is 4.98 Å². The molecule has 160 valence electrons. The minimum absolute atomic E-state index is 0.0584. The van der Waals surface area contributed by atoms with Gasteiger partial charge in [0, 0.05) is 30.0 Å². The maximum absolute atomic E-state index is 12.9. The summed E-state index contributed by atoms with van der Waals surface area (Å²) in [7, 11) is 0. The van der Waals surface area contributed by atoms with Gasteiger partial charge in [0.2, 0.25) is 11.8 Å². The Balaban J connectivity index is 1.28. The molecular weight excluding hydrogens is 385 g/mol. The van der Waals surface area contributed by atoms with Gasteiger partial charge in [-0.1, -0.05) is 6.07 Å². The second-order valence-electron chi connectivity index (χ2n) is 9.43. The van der Waals surface area contributed by atoms with Crippen LogP contribution in [0.2, 0.25) is 0 Å². The number of halogens is 3. The van der Waals surface area contributed by atoms with Crippen molar-refractivity contribution in [2.24, 2.45) is 11.3 Å². The van der Waals surface area contributed by atoms with Gasteiger partial charge in [0.05, 0.1) is 5.60 Å². The third-order valence-electron chi connectivity index (χ3n) is 6.70. The van der Waals surface area contributed by atoms with Crippen LogP contribution in [-0.2, 0) is 11.0 Å². The van der Waals surface area contributed by atoms with Crippen LogP contribution in [-0.4, -0.2) is 45.7 Å². The van der Waals surface area contributed by atoms with Crippen LogP contribution in [0.15, 0.2) is 12.1 Å². The fourth-order valence-electron chi connectivity index (χ4n) is 4.94. The van der Waals surface area contributed by atoms with Crippen molar-refractivity contribution in [2.75, 3.05) is 13.1 Å². The van der Waals surface area contributed by atoms with E-state index in [0.717, 1.165) is 44.8 Å². The number of ether oxygens (including phenoxy) is 1. The molecule has 0 unspecified atom stereocenters. The summed E-state index contributed by atoms with van der Waals surface area (Å²) in [6.45, 7) is 4.92. The van der Waals surface area contributed by atoms with E-state index in [9.17, 15) is 23.1 Å². The Morgan fingerprint density at radius 2 is 1.86 bits per heavy atom. The van der Waals surface area contributed by atoms with Gasteiger partial charge < -0.3 is 14.7 Å². The molecule has 2 saturated carbocycles. The van der Waals surface area contributed by atoms with Crippen molar-refractivity contribution in [2.45, 2.75) is 70.3 Å². The monoisotopic (exact) mass is 412 g/mol. The Hall–Kier alpha value is -1.83. The summed E-state index contributed by atoms with van der Waals surface area (Å²) in [5.41, 5.74) is -0.935. The smallest absolute Gasteiger partial charge is 0.433 e. The molecule has 1 saturated heterocycles. The fraction of sp³-hybridized carbons (Fsp3) is 0.714. The molecule has 3 fully saturated rings. The van der Waals surface area contributed by atoms with Gasteiger partial charge in [-0.3, -0.25) is 4.79 Å². The van der Waals surface area contributed by atoms with Crippen molar-refractivity contribution in [3.05, 3.63) is 23.4 Å². The third kappa shape index (κ3) is 4.09. The normalized spacial score (nSPS) is 29.3. The molecule has 0 aromatic carbocycles. The number of alkyl halides is 3. The second-order valence-corrected chi connectivity index (χ2v) is 9.43. The number of aryl methyl sites for hydroxylation is 1. The molecule has 0 atom stereocenters. The molecular formula is C21H27F3N2O3. The van der Waals surface area contributed by atoms with E-state index in [1.807, 2.05) is 4.90 Å². The van der Waals surface area contributed by atoms with Crippen molar-refractivity contribution in [1.29, 1.82) is 0 Å². The van der Waals surface area contributed by atoms with Gasteiger partial charge in [-0.2, -0.15) is 13.2 Å². The number of rotatable bonds is 3. The Bertz CT molecular complexity index is 785. The molecule has 2 heterocycles. The SMILES string of the molecule is Cc1ccc(C(F)(F)F)nc1OC1CCC2(CC1)CN(C(=O)C1CC(C)(O)C1)C2. The predicted octanol–water partition coefficient (Wildman–Crippen LogP) is 3.72. The Morgan fingerprint density at radius 3 is 2.41 bits per heavy atom. The average molecular weight is 412 g/mol. The number of hydrogen-bond donors (Lipinski definition) is 1. The molecule has 1 aliphatic heterocycles. The highest BCUT2D eigenvalue weighted by atomic mass is 19.4. The summed E-state index contributed by atoms with van der Waals surface area (Å²) in [5.74, 6) is 0.143. The quantitative estimate of drug-likeness (QED) is 0.822. The summed E-state index contributed by atoms with van der Waals surface area (Å²) in [6.07, 6.45) is -0.290. The highest BCUT2D eigenvalue weighted by Crippen LogP contribution is 2.47. The van der Waals surface area contributed by atoms with Gasteiger partial charge in [0.15, 0.2) is 0 Å². The first-order valence-corrected chi connectivity index (χ1v) is 10.2. The molecule has 29 heavy (non-hydrogen) atoms. The molecule has 8 heteroatoms. The van der Waals surface area contributed by atoms with Crippen molar-refractivity contribution < 1.29 is 27.8 Å². The first-order chi connectivity index (χ1) is 13.5. The highest BCUT2D eigenvalue weighted by molar-refractivity contribution is 5.81. The largest absolute Gasteiger partial charge is 0.474 e. The maximum atomic E-state index is 12.9. The van der Waals surface area contributed by atoms with E-state index in [-0.39, 0.29) is 29.2 Å². The lowest BCUT2D eigenvalue weighted by molar-refractivity contribution is -0.164. The van der Waals surface area contributed by atoms with Crippen LogP contribution in [0.3, 0.4) is 0 Å². The number of likely N-dealkylation sites (tertiary alicyclic amines) is 1. The summed E-state index contributed by atoms with van der Waals surface area (Å²) in [4.78, 5) is 18.0. The number of amides is 1.